The van der Waals surface area contributed by atoms with Gasteiger partial charge in [0.05, 0.1) is 5.92 Å². The third-order valence-corrected chi connectivity index (χ3v) is 2.46. The zero-order valence-electron chi connectivity index (χ0n) is 7.77. The van der Waals surface area contributed by atoms with Crippen molar-refractivity contribution in [1.82, 2.24) is 0 Å². The van der Waals surface area contributed by atoms with Crippen molar-refractivity contribution in [2.45, 2.75) is 12.8 Å². The van der Waals surface area contributed by atoms with Crippen molar-refractivity contribution in [2.75, 3.05) is 6.61 Å². The Morgan fingerprint density at radius 3 is 3.00 bits per heavy atom. The fourth-order valence-electron chi connectivity index (χ4n) is 1.69. The summed E-state index contributed by atoms with van der Waals surface area (Å²) in [5.41, 5.74) is 1.05. The number of carbonyl (C=O) groups is 1. The van der Waals surface area contributed by atoms with Gasteiger partial charge in [-0.25, -0.2) is 0 Å². The molecular weight excluding hydrogens is 180 g/mol. The number of carbonyl (C=O) groups excluding carboxylic acids is 1. The molecule has 1 aromatic carbocycles. The zero-order chi connectivity index (χ0) is 9.97. The number of ether oxygens (including phenoxy) is 1. The van der Waals surface area contributed by atoms with E-state index in [4.69, 9.17) is 9.84 Å². The Kier molecular flexibility index (Phi) is 2.50. The number of esters is 1. The first-order valence-electron chi connectivity index (χ1n) is 4.71. The number of hydrogen-bond acceptors (Lipinski definition) is 3. The highest BCUT2D eigenvalue weighted by atomic mass is 16.5. The first-order chi connectivity index (χ1) is 6.81. The third kappa shape index (κ3) is 1.63. The standard InChI is InChI=1S/C11H12O3/c12-6-5-9-7-8-3-1-2-4-10(8)14-11(9)13/h1-4,9,12H,5-7H2. The summed E-state index contributed by atoms with van der Waals surface area (Å²) < 4.78 is 5.15. The fourth-order valence-corrected chi connectivity index (χ4v) is 1.69. The number of fused-ring (bicyclic) bond motifs is 1. The number of aliphatic hydroxyl groups excluding tert-OH is 1. The van der Waals surface area contributed by atoms with E-state index in [1.165, 1.54) is 0 Å². The van der Waals surface area contributed by atoms with E-state index in [0.29, 0.717) is 18.6 Å². The molecule has 0 aromatic heterocycles. The van der Waals surface area contributed by atoms with Crippen LogP contribution >= 0.6 is 0 Å². The van der Waals surface area contributed by atoms with Crippen LogP contribution in [-0.4, -0.2) is 17.7 Å². The molecule has 1 unspecified atom stereocenters. The average Bonchev–Trinajstić information content (AvgIpc) is 2.19. The Labute approximate surface area is 82.3 Å². The summed E-state index contributed by atoms with van der Waals surface area (Å²) in [7, 11) is 0. The first kappa shape index (κ1) is 9.21. The summed E-state index contributed by atoms with van der Waals surface area (Å²) in [4.78, 5) is 11.4. The van der Waals surface area contributed by atoms with Crippen LogP contribution in [0.1, 0.15) is 12.0 Å². The van der Waals surface area contributed by atoms with Crippen LogP contribution in [0.25, 0.3) is 0 Å². The van der Waals surface area contributed by atoms with Crippen molar-refractivity contribution >= 4 is 5.97 Å². The second-order valence-corrected chi connectivity index (χ2v) is 3.44. The highest BCUT2D eigenvalue weighted by Gasteiger charge is 2.27. The van der Waals surface area contributed by atoms with Crippen LogP contribution in [0.5, 0.6) is 5.75 Å². The predicted molar refractivity (Wildman–Crippen MR) is 51.0 cm³/mol. The normalized spacial score (nSPS) is 20.1. The van der Waals surface area contributed by atoms with E-state index in [-0.39, 0.29) is 18.5 Å². The van der Waals surface area contributed by atoms with E-state index in [1.807, 2.05) is 18.2 Å². The molecule has 0 radical (unpaired) electrons. The number of para-hydroxylation sites is 1. The van der Waals surface area contributed by atoms with Crippen molar-refractivity contribution < 1.29 is 14.6 Å². The van der Waals surface area contributed by atoms with Crippen LogP contribution in [0, 0.1) is 5.92 Å². The van der Waals surface area contributed by atoms with Gasteiger partial charge in [0.25, 0.3) is 0 Å². The molecule has 0 spiro atoms. The lowest BCUT2D eigenvalue weighted by Crippen LogP contribution is -2.28. The molecule has 1 aliphatic heterocycles. The lowest BCUT2D eigenvalue weighted by molar-refractivity contribution is -0.140. The maximum Gasteiger partial charge on any atom is 0.314 e. The molecule has 1 aliphatic rings. The molecule has 3 heteroatoms. The summed E-state index contributed by atoms with van der Waals surface area (Å²) in [5, 5.41) is 8.78. The van der Waals surface area contributed by atoms with Crippen molar-refractivity contribution in [3.63, 3.8) is 0 Å². The lowest BCUT2D eigenvalue weighted by atomic mass is 9.94. The third-order valence-electron chi connectivity index (χ3n) is 2.46. The molecule has 1 N–H and O–H groups in total. The van der Waals surface area contributed by atoms with Gasteiger partial charge in [-0.2, -0.15) is 0 Å². The highest BCUT2D eigenvalue weighted by molar-refractivity contribution is 5.77. The summed E-state index contributed by atoms with van der Waals surface area (Å²) in [6.07, 6.45) is 1.16. The van der Waals surface area contributed by atoms with Crippen LogP contribution in [0.15, 0.2) is 24.3 Å². The van der Waals surface area contributed by atoms with E-state index in [0.717, 1.165) is 5.56 Å². The molecule has 0 aliphatic carbocycles. The van der Waals surface area contributed by atoms with Crippen LogP contribution in [0.2, 0.25) is 0 Å². The second-order valence-electron chi connectivity index (χ2n) is 3.44. The van der Waals surface area contributed by atoms with Crippen molar-refractivity contribution in [3.8, 4) is 5.75 Å². The van der Waals surface area contributed by atoms with Gasteiger partial charge in [0.15, 0.2) is 0 Å². The molecule has 1 heterocycles. The van der Waals surface area contributed by atoms with Crippen molar-refractivity contribution in [2.24, 2.45) is 5.92 Å². The smallest absolute Gasteiger partial charge is 0.314 e. The molecule has 1 atom stereocenters. The van der Waals surface area contributed by atoms with Gasteiger partial charge in [-0.3, -0.25) is 4.79 Å². The molecule has 3 nitrogen and oxygen atoms in total. The summed E-state index contributed by atoms with van der Waals surface area (Å²) >= 11 is 0. The van der Waals surface area contributed by atoms with Gasteiger partial charge in [-0.1, -0.05) is 18.2 Å². The van der Waals surface area contributed by atoms with Gasteiger partial charge in [0.1, 0.15) is 5.75 Å². The number of rotatable bonds is 2. The molecule has 0 amide bonds. The van der Waals surface area contributed by atoms with Crippen LogP contribution in [-0.2, 0) is 11.2 Å². The SMILES string of the molecule is O=C1Oc2ccccc2CC1CCO. The van der Waals surface area contributed by atoms with Crippen LogP contribution in [0.3, 0.4) is 0 Å². The highest BCUT2D eigenvalue weighted by Crippen LogP contribution is 2.28. The minimum absolute atomic E-state index is 0.0297. The van der Waals surface area contributed by atoms with Gasteiger partial charge in [0.2, 0.25) is 0 Å². The second kappa shape index (κ2) is 3.80. The lowest BCUT2D eigenvalue weighted by Gasteiger charge is -2.22. The Morgan fingerprint density at radius 2 is 2.21 bits per heavy atom. The molecule has 0 bridgehead atoms. The topological polar surface area (TPSA) is 46.5 Å². The Balaban J connectivity index is 2.22. The van der Waals surface area contributed by atoms with Crippen LogP contribution < -0.4 is 4.74 Å². The van der Waals surface area contributed by atoms with Gasteiger partial charge < -0.3 is 9.84 Å². The molecular formula is C11H12O3. The van der Waals surface area contributed by atoms with Gasteiger partial charge in [0, 0.05) is 6.61 Å². The molecule has 2 rings (SSSR count). The fraction of sp³-hybridized carbons (Fsp3) is 0.364. The van der Waals surface area contributed by atoms with Crippen molar-refractivity contribution in [3.05, 3.63) is 29.8 Å². The minimum Gasteiger partial charge on any atom is -0.426 e. The maximum absolute atomic E-state index is 11.4. The van der Waals surface area contributed by atoms with Gasteiger partial charge in [-0.05, 0) is 24.5 Å². The quantitative estimate of drug-likeness (QED) is 0.564. The van der Waals surface area contributed by atoms with E-state index in [9.17, 15) is 4.79 Å². The van der Waals surface area contributed by atoms with E-state index < -0.39 is 0 Å². The molecule has 0 fully saturated rings. The molecule has 0 saturated carbocycles. The van der Waals surface area contributed by atoms with Gasteiger partial charge >= 0.3 is 5.97 Å². The zero-order valence-corrected chi connectivity index (χ0v) is 7.77. The van der Waals surface area contributed by atoms with E-state index in [2.05, 4.69) is 0 Å². The first-order valence-corrected chi connectivity index (χ1v) is 4.71. The number of benzene rings is 1. The van der Waals surface area contributed by atoms with Crippen molar-refractivity contribution in [1.29, 1.82) is 0 Å². The minimum atomic E-state index is -0.224. The molecule has 1 aromatic rings. The average molecular weight is 192 g/mol. The number of aliphatic hydroxyl groups is 1. The van der Waals surface area contributed by atoms with E-state index in [1.54, 1.807) is 6.07 Å². The summed E-state index contributed by atoms with van der Waals surface area (Å²) in [6.45, 7) is 0.0297. The maximum atomic E-state index is 11.4. The molecule has 74 valence electrons. The van der Waals surface area contributed by atoms with Crippen LogP contribution in [0.4, 0.5) is 0 Å². The Hall–Kier alpha value is -1.35. The monoisotopic (exact) mass is 192 g/mol. The molecule has 14 heavy (non-hydrogen) atoms. The Morgan fingerprint density at radius 1 is 1.43 bits per heavy atom. The molecule has 0 saturated heterocycles. The van der Waals surface area contributed by atoms with Gasteiger partial charge in [-0.15, -0.1) is 0 Å². The summed E-state index contributed by atoms with van der Waals surface area (Å²) in [6, 6.07) is 7.51. The van der Waals surface area contributed by atoms with E-state index >= 15 is 0 Å². The Bertz CT molecular complexity index is 346. The summed E-state index contributed by atoms with van der Waals surface area (Å²) in [5.74, 6) is 0.249. The predicted octanol–water partition coefficient (Wildman–Crippen LogP) is 1.15. The number of hydrogen-bond donors (Lipinski definition) is 1. The largest absolute Gasteiger partial charge is 0.426 e.